The number of benzene rings is 1. The van der Waals surface area contributed by atoms with E-state index in [1.165, 1.54) is 42.8 Å². The maximum atomic E-state index is 12.3. The number of hydrogen-bond acceptors (Lipinski definition) is 4. The highest BCUT2D eigenvalue weighted by Crippen LogP contribution is 2.22. The minimum atomic E-state index is -3.39. The van der Waals surface area contributed by atoms with Gasteiger partial charge in [-0.15, -0.1) is 0 Å². The molecular formula is C23H39N3O3S. The second kappa shape index (κ2) is 11.7. The van der Waals surface area contributed by atoms with Crippen LogP contribution in [0.5, 0.6) is 0 Å². The van der Waals surface area contributed by atoms with Gasteiger partial charge in [0.25, 0.3) is 0 Å². The molecule has 0 spiro atoms. The van der Waals surface area contributed by atoms with Gasteiger partial charge in [0.15, 0.2) is 0 Å². The lowest BCUT2D eigenvalue weighted by Gasteiger charge is -2.35. The summed E-state index contributed by atoms with van der Waals surface area (Å²) in [6, 6.07) is 6.46. The molecule has 0 aliphatic carbocycles. The van der Waals surface area contributed by atoms with E-state index in [1.807, 2.05) is 32.0 Å². The Labute approximate surface area is 183 Å². The summed E-state index contributed by atoms with van der Waals surface area (Å²) in [6.45, 7) is 9.36. The summed E-state index contributed by atoms with van der Waals surface area (Å²) < 4.78 is 25.9. The number of nitrogens with one attached hydrogen (secondary N) is 1. The monoisotopic (exact) mass is 437 g/mol. The number of carbonyl (C=O) groups excluding carboxylic acids is 1. The summed E-state index contributed by atoms with van der Waals surface area (Å²) >= 11 is 0. The van der Waals surface area contributed by atoms with E-state index in [0.717, 1.165) is 24.1 Å². The van der Waals surface area contributed by atoms with Gasteiger partial charge in [-0.05, 0) is 75.8 Å². The number of carbonyl (C=O) groups is 1. The van der Waals surface area contributed by atoms with Crippen LogP contribution in [0.2, 0.25) is 0 Å². The molecule has 30 heavy (non-hydrogen) atoms. The molecule has 1 unspecified atom stereocenters. The molecule has 0 saturated carbocycles. The first-order valence-corrected chi connectivity index (χ1v) is 13.1. The molecule has 1 aromatic rings. The van der Waals surface area contributed by atoms with Crippen molar-refractivity contribution in [1.29, 1.82) is 0 Å². The van der Waals surface area contributed by atoms with Crippen molar-refractivity contribution >= 4 is 21.6 Å². The summed E-state index contributed by atoms with van der Waals surface area (Å²) in [5.41, 5.74) is 2.72. The van der Waals surface area contributed by atoms with Gasteiger partial charge in [-0.25, -0.2) is 8.42 Å². The lowest BCUT2D eigenvalue weighted by Crippen LogP contribution is -2.40. The third-order valence-corrected chi connectivity index (χ3v) is 7.02. The summed E-state index contributed by atoms with van der Waals surface area (Å²) in [5, 5.41) is 2.99. The minimum Gasteiger partial charge on any atom is -0.356 e. The first kappa shape index (κ1) is 24.7. The van der Waals surface area contributed by atoms with Crippen molar-refractivity contribution in [3.63, 3.8) is 0 Å². The van der Waals surface area contributed by atoms with E-state index < -0.39 is 10.0 Å². The second-order valence-corrected chi connectivity index (χ2v) is 10.5. The van der Waals surface area contributed by atoms with Crippen molar-refractivity contribution in [3.8, 4) is 0 Å². The van der Waals surface area contributed by atoms with Crippen LogP contribution in [0.25, 0.3) is 0 Å². The van der Waals surface area contributed by atoms with Crippen molar-refractivity contribution in [1.82, 2.24) is 10.2 Å². The molecule has 0 radical (unpaired) electrons. The first-order chi connectivity index (χ1) is 14.2. The van der Waals surface area contributed by atoms with Crippen molar-refractivity contribution < 1.29 is 13.2 Å². The highest BCUT2D eigenvalue weighted by Gasteiger charge is 2.20. The molecule has 1 fully saturated rings. The Kier molecular flexibility index (Phi) is 9.62. The number of piperidine rings is 1. The van der Waals surface area contributed by atoms with Crippen LogP contribution in [0.4, 0.5) is 5.69 Å². The normalized spacial score (nSPS) is 17.7. The number of amides is 1. The minimum absolute atomic E-state index is 0.00504. The number of anilines is 1. The van der Waals surface area contributed by atoms with E-state index >= 15 is 0 Å². The molecule has 0 aromatic heterocycles. The third kappa shape index (κ3) is 7.91. The van der Waals surface area contributed by atoms with Crippen LogP contribution in [-0.4, -0.2) is 57.7 Å². The Morgan fingerprint density at radius 2 is 1.87 bits per heavy atom. The third-order valence-electron chi connectivity index (χ3n) is 5.82. The van der Waals surface area contributed by atoms with E-state index in [9.17, 15) is 13.2 Å². The van der Waals surface area contributed by atoms with E-state index in [1.54, 1.807) is 0 Å². The highest BCUT2D eigenvalue weighted by molar-refractivity contribution is 7.92. The molecule has 2 rings (SSSR count). The fourth-order valence-corrected chi connectivity index (χ4v) is 5.33. The van der Waals surface area contributed by atoms with Crippen LogP contribution in [0, 0.1) is 13.8 Å². The molecular weight excluding hydrogens is 398 g/mol. The Hall–Kier alpha value is -1.60. The van der Waals surface area contributed by atoms with Gasteiger partial charge in [0.05, 0.1) is 11.9 Å². The largest absolute Gasteiger partial charge is 0.356 e. The lowest BCUT2D eigenvalue weighted by atomic mass is 10.00. The summed E-state index contributed by atoms with van der Waals surface area (Å²) in [4.78, 5) is 14.8. The smallest absolute Gasteiger partial charge is 0.232 e. The van der Waals surface area contributed by atoms with Crippen LogP contribution in [0.15, 0.2) is 18.2 Å². The fourth-order valence-electron chi connectivity index (χ4n) is 4.38. The van der Waals surface area contributed by atoms with Crippen LogP contribution >= 0.6 is 0 Å². The molecule has 1 atom stereocenters. The molecule has 1 amide bonds. The van der Waals surface area contributed by atoms with Gasteiger partial charge < -0.3 is 10.2 Å². The Morgan fingerprint density at radius 3 is 2.50 bits per heavy atom. The summed E-state index contributed by atoms with van der Waals surface area (Å²) in [6.07, 6.45) is 8.10. The Morgan fingerprint density at radius 1 is 1.17 bits per heavy atom. The van der Waals surface area contributed by atoms with Crippen LogP contribution in [0.1, 0.15) is 63.0 Å². The molecule has 7 heteroatoms. The standard InChI is InChI=1S/C23H39N3O3S/c1-5-21-10-6-7-13-25(21)14-9-12-24-23(27)11-8-15-26(30(4,28)29)22-17-19(2)16-20(3)18-22/h16-18,21H,5-15H2,1-4H3,(H,24,27). The number of aryl methyl sites for hydroxylation is 2. The molecule has 1 aliphatic heterocycles. The summed E-state index contributed by atoms with van der Waals surface area (Å²) in [5.74, 6) is -0.00504. The quantitative estimate of drug-likeness (QED) is 0.537. The molecule has 1 N–H and O–H groups in total. The highest BCUT2D eigenvalue weighted by atomic mass is 32.2. The van der Waals surface area contributed by atoms with Crippen molar-refractivity contribution in [2.45, 2.75) is 71.8 Å². The number of sulfonamides is 1. The van der Waals surface area contributed by atoms with E-state index in [2.05, 4.69) is 17.1 Å². The maximum Gasteiger partial charge on any atom is 0.232 e. The zero-order chi connectivity index (χ0) is 22.1. The molecule has 1 aromatic carbocycles. The van der Waals surface area contributed by atoms with E-state index in [0.29, 0.717) is 37.7 Å². The van der Waals surface area contributed by atoms with E-state index in [-0.39, 0.29) is 5.91 Å². The van der Waals surface area contributed by atoms with Crippen molar-refractivity contribution in [2.24, 2.45) is 0 Å². The summed E-state index contributed by atoms with van der Waals surface area (Å²) in [7, 11) is -3.39. The zero-order valence-electron chi connectivity index (χ0n) is 19.1. The Bertz CT molecular complexity index is 775. The molecule has 1 heterocycles. The number of rotatable bonds is 11. The molecule has 0 bridgehead atoms. The molecule has 1 saturated heterocycles. The van der Waals surface area contributed by atoms with Gasteiger partial charge in [0.1, 0.15) is 0 Å². The fraction of sp³-hybridized carbons (Fsp3) is 0.696. The van der Waals surface area contributed by atoms with Gasteiger partial charge in [-0.1, -0.05) is 19.4 Å². The van der Waals surface area contributed by atoms with Gasteiger partial charge in [-0.3, -0.25) is 9.10 Å². The Balaban J connectivity index is 1.75. The maximum absolute atomic E-state index is 12.3. The SMILES string of the molecule is CCC1CCCCN1CCCNC(=O)CCCN(c1cc(C)cc(C)c1)S(C)(=O)=O. The van der Waals surface area contributed by atoms with Gasteiger partial charge in [0, 0.05) is 32.1 Å². The van der Waals surface area contributed by atoms with Crippen LogP contribution < -0.4 is 9.62 Å². The van der Waals surface area contributed by atoms with Crippen LogP contribution in [-0.2, 0) is 14.8 Å². The first-order valence-electron chi connectivity index (χ1n) is 11.3. The zero-order valence-corrected chi connectivity index (χ0v) is 19.9. The molecule has 6 nitrogen and oxygen atoms in total. The van der Waals surface area contributed by atoms with Gasteiger partial charge >= 0.3 is 0 Å². The molecule has 1 aliphatic rings. The van der Waals surface area contributed by atoms with Gasteiger partial charge in [-0.2, -0.15) is 0 Å². The number of nitrogens with zero attached hydrogens (tertiary/aromatic N) is 2. The number of likely N-dealkylation sites (tertiary alicyclic amines) is 1. The second-order valence-electron chi connectivity index (χ2n) is 8.58. The average Bonchev–Trinajstić information content (AvgIpc) is 2.67. The van der Waals surface area contributed by atoms with Crippen LogP contribution in [0.3, 0.4) is 0 Å². The lowest BCUT2D eigenvalue weighted by molar-refractivity contribution is -0.121. The predicted octanol–water partition coefficient (Wildman–Crippen LogP) is 3.62. The van der Waals surface area contributed by atoms with Crippen molar-refractivity contribution in [2.75, 3.05) is 36.7 Å². The van der Waals surface area contributed by atoms with Gasteiger partial charge in [0.2, 0.25) is 15.9 Å². The molecule has 170 valence electrons. The topological polar surface area (TPSA) is 69.7 Å². The average molecular weight is 438 g/mol. The number of hydrogen-bond donors (Lipinski definition) is 1. The van der Waals surface area contributed by atoms with E-state index in [4.69, 9.17) is 0 Å². The van der Waals surface area contributed by atoms with Crippen molar-refractivity contribution in [3.05, 3.63) is 29.3 Å². The predicted molar refractivity (Wildman–Crippen MR) is 124 cm³/mol.